The summed E-state index contributed by atoms with van der Waals surface area (Å²) in [5.74, 6) is 0. The standard InChI is InChI=1S/C31H27N5O3S2/c37-30-28(40-31-32-26-15-6-7-16-27(26)36(30)31)20-23-21-35(24-12-4-3-5-13-24)33-29(23)22-11-10-14-25(19-22)41(38,39)34-17-8-1-2-9-18-34/h3-7,10-16,19-21H,1-2,8-9,17-18H2/b28-20-. The minimum absolute atomic E-state index is 0.144. The summed E-state index contributed by atoms with van der Waals surface area (Å²) in [5.41, 5.74) is 4.24. The lowest BCUT2D eigenvalue weighted by atomic mass is 10.1. The number of hydrogen-bond acceptors (Lipinski definition) is 6. The molecule has 3 aromatic heterocycles. The Balaban J connectivity index is 1.38. The predicted molar refractivity (Wildman–Crippen MR) is 162 cm³/mol. The first-order chi connectivity index (χ1) is 20.0. The first-order valence-corrected chi connectivity index (χ1v) is 15.9. The van der Waals surface area contributed by atoms with Crippen molar-refractivity contribution in [2.24, 2.45) is 0 Å². The van der Waals surface area contributed by atoms with Gasteiger partial charge >= 0.3 is 0 Å². The number of fused-ring (bicyclic) bond motifs is 3. The largest absolute Gasteiger partial charge is 0.274 e. The summed E-state index contributed by atoms with van der Waals surface area (Å²) in [5, 5.41) is 4.88. The summed E-state index contributed by atoms with van der Waals surface area (Å²) in [6, 6.07) is 24.3. The molecular formula is C31H27N5O3S2. The Morgan fingerprint density at radius 1 is 0.854 bits per heavy atom. The molecular weight excluding hydrogens is 555 g/mol. The van der Waals surface area contributed by atoms with Gasteiger partial charge < -0.3 is 0 Å². The number of para-hydroxylation sites is 3. The van der Waals surface area contributed by atoms with Gasteiger partial charge in [0.15, 0.2) is 4.96 Å². The van der Waals surface area contributed by atoms with E-state index in [0.717, 1.165) is 42.4 Å². The third-order valence-corrected chi connectivity index (χ3v) is 10.4. The number of sulfonamides is 1. The Kier molecular flexibility index (Phi) is 6.53. The van der Waals surface area contributed by atoms with E-state index in [1.807, 2.05) is 72.9 Å². The number of hydrogen-bond donors (Lipinski definition) is 0. The van der Waals surface area contributed by atoms with Crippen LogP contribution in [0.15, 0.2) is 94.7 Å². The summed E-state index contributed by atoms with van der Waals surface area (Å²) < 4.78 is 32.7. The molecule has 1 aliphatic rings. The van der Waals surface area contributed by atoms with Crippen LogP contribution in [0.3, 0.4) is 0 Å². The fraction of sp³-hybridized carbons (Fsp3) is 0.194. The van der Waals surface area contributed by atoms with Crippen LogP contribution in [0, 0.1) is 0 Å². The highest BCUT2D eigenvalue weighted by atomic mass is 32.2. The summed E-state index contributed by atoms with van der Waals surface area (Å²) in [6.07, 6.45) is 7.54. The third-order valence-electron chi connectivity index (χ3n) is 7.51. The Morgan fingerprint density at radius 2 is 1.61 bits per heavy atom. The van der Waals surface area contributed by atoms with Crippen LogP contribution in [-0.4, -0.2) is 45.0 Å². The zero-order valence-corrected chi connectivity index (χ0v) is 23.8. The maximum absolute atomic E-state index is 13.6. The normalized spacial score (nSPS) is 15.6. The first-order valence-electron chi connectivity index (χ1n) is 13.7. The van der Waals surface area contributed by atoms with Crippen LogP contribution in [0.5, 0.6) is 0 Å². The Bertz CT molecular complexity index is 2110. The molecule has 8 nitrogen and oxygen atoms in total. The summed E-state index contributed by atoms with van der Waals surface area (Å²) >= 11 is 1.33. The monoisotopic (exact) mass is 581 g/mol. The fourth-order valence-electron chi connectivity index (χ4n) is 5.42. The second kappa shape index (κ2) is 10.4. The SMILES string of the molecule is O=c1/c(=C/c2cn(-c3ccccc3)nc2-c2cccc(S(=O)(=O)N3CCCCCC3)c2)sc2nc3ccccc3n12. The molecule has 6 aromatic rings. The van der Waals surface area contributed by atoms with Crippen molar-refractivity contribution in [3.05, 3.63) is 106 Å². The molecule has 1 fully saturated rings. The highest BCUT2D eigenvalue weighted by Gasteiger charge is 2.26. The maximum atomic E-state index is 13.6. The van der Waals surface area contributed by atoms with E-state index in [1.54, 1.807) is 31.6 Å². The molecule has 0 unspecified atom stereocenters. The molecule has 4 heterocycles. The number of aromatic nitrogens is 4. The van der Waals surface area contributed by atoms with E-state index in [4.69, 9.17) is 5.10 Å². The van der Waals surface area contributed by atoms with Gasteiger partial charge in [0.2, 0.25) is 10.0 Å². The van der Waals surface area contributed by atoms with Crippen molar-refractivity contribution in [2.75, 3.05) is 13.1 Å². The second-order valence-electron chi connectivity index (χ2n) is 10.2. The van der Waals surface area contributed by atoms with Gasteiger partial charge in [0, 0.05) is 30.4 Å². The van der Waals surface area contributed by atoms with Gasteiger partial charge in [0.05, 0.1) is 26.1 Å². The van der Waals surface area contributed by atoms with E-state index in [1.165, 1.54) is 11.3 Å². The van der Waals surface area contributed by atoms with Crippen molar-refractivity contribution < 1.29 is 8.42 Å². The van der Waals surface area contributed by atoms with E-state index in [-0.39, 0.29) is 10.5 Å². The van der Waals surface area contributed by atoms with Gasteiger partial charge in [-0.15, -0.1) is 0 Å². The van der Waals surface area contributed by atoms with Gasteiger partial charge in [-0.3, -0.25) is 4.79 Å². The first kappa shape index (κ1) is 25.8. The van der Waals surface area contributed by atoms with Crippen LogP contribution in [0.4, 0.5) is 0 Å². The van der Waals surface area contributed by atoms with Crippen molar-refractivity contribution >= 4 is 43.4 Å². The van der Waals surface area contributed by atoms with Crippen LogP contribution in [0.25, 0.3) is 39.0 Å². The molecule has 7 rings (SSSR count). The van der Waals surface area contributed by atoms with Gasteiger partial charge in [-0.2, -0.15) is 9.40 Å². The van der Waals surface area contributed by atoms with E-state index in [0.29, 0.717) is 39.4 Å². The molecule has 0 aliphatic carbocycles. The minimum Gasteiger partial charge on any atom is -0.267 e. The Hall–Kier alpha value is -4.12. The molecule has 41 heavy (non-hydrogen) atoms. The minimum atomic E-state index is -3.64. The van der Waals surface area contributed by atoms with Crippen LogP contribution in [-0.2, 0) is 10.0 Å². The van der Waals surface area contributed by atoms with Crippen molar-refractivity contribution in [1.29, 1.82) is 0 Å². The quantitative estimate of drug-likeness (QED) is 0.290. The van der Waals surface area contributed by atoms with E-state index in [9.17, 15) is 13.2 Å². The van der Waals surface area contributed by atoms with Gasteiger partial charge in [-0.05, 0) is 55.3 Å². The second-order valence-corrected chi connectivity index (χ2v) is 13.1. The number of rotatable bonds is 5. The predicted octanol–water partition coefficient (Wildman–Crippen LogP) is 4.87. The average Bonchev–Trinajstić information content (AvgIpc) is 3.58. The van der Waals surface area contributed by atoms with Gasteiger partial charge in [-0.1, -0.05) is 66.6 Å². The van der Waals surface area contributed by atoms with Gasteiger partial charge in [0.25, 0.3) is 5.56 Å². The number of thiazole rings is 1. The van der Waals surface area contributed by atoms with Crippen molar-refractivity contribution in [3.8, 4) is 16.9 Å². The smallest absolute Gasteiger partial charge is 0.267 e. The topological polar surface area (TPSA) is 89.6 Å². The molecule has 0 radical (unpaired) electrons. The number of imidazole rings is 1. The molecule has 0 saturated carbocycles. The third kappa shape index (κ3) is 4.67. The molecule has 10 heteroatoms. The van der Waals surface area contributed by atoms with E-state index >= 15 is 0 Å². The number of nitrogens with zero attached hydrogens (tertiary/aromatic N) is 5. The van der Waals surface area contributed by atoms with Gasteiger partial charge in [-0.25, -0.2) is 22.5 Å². The molecule has 0 bridgehead atoms. The lowest BCUT2D eigenvalue weighted by Crippen LogP contribution is -2.31. The summed E-state index contributed by atoms with van der Waals surface area (Å²) in [6.45, 7) is 1.07. The summed E-state index contributed by atoms with van der Waals surface area (Å²) in [7, 11) is -3.64. The van der Waals surface area contributed by atoms with E-state index in [2.05, 4.69) is 4.98 Å². The average molecular weight is 582 g/mol. The molecule has 0 amide bonds. The molecule has 0 spiro atoms. The van der Waals surface area contributed by atoms with Crippen LogP contribution < -0.4 is 10.1 Å². The van der Waals surface area contributed by atoms with Crippen LogP contribution in [0.1, 0.15) is 31.2 Å². The molecule has 0 N–H and O–H groups in total. The summed E-state index contributed by atoms with van der Waals surface area (Å²) in [4.78, 5) is 19.0. The molecule has 1 aliphatic heterocycles. The van der Waals surface area contributed by atoms with Crippen molar-refractivity contribution in [3.63, 3.8) is 0 Å². The van der Waals surface area contributed by atoms with Crippen LogP contribution >= 0.6 is 11.3 Å². The fourth-order valence-corrected chi connectivity index (χ4v) is 7.96. The number of benzene rings is 3. The van der Waals surface area contributed by atoms with Gasteiger partial charge in [0.1, 0.15) is 5.69 Å². The molecule has 0 atom stereocenters. The zero-order valence-electron chi connectivity index (χ0n) is 22.2. The van der Waals surface area contributed by atoms with E-state index < -0.39 is 10.0 Å². The highest BCUT2D eigenvalue weighted by Crippen LogP contribution is 2.29. The Labute approximate surface area is 240 Å². The van der Waals surface area contributed by atoms with Crippen molar-refractivity contribution in [2.45, 2.75) is 30.6 Å². The lowest BCUT2D eigenvalue weighted by Gasteiger charge is -2.20. The molecule has 206 valence electrons. The highest BCUT2D eigenvalue weighted by molar-refractivity contribution is 7.89. The van der Waals surface area contributed by atoms with Crippen LogP contribution in [0.2, 0.25) is 0 Å². The lowest BCUT2D eigenvalue weighted by molar-refractivity contribution is 0.424. The zero-order chi connectivity index (χ0) is 28.0. The van der Waals surface area contributed by atoms with Crippen molar-refractivity contribution in [1.82, 2.24) is 23.5 Å². The maximum Gasteiger partial charge on any atom is 0.274 e. The molecule has 3 aromatic carbocycles. The Morgan fingerprint density at radius 3 is 2.41 bits per heavy atom. The molecule has 1 saturated heterocycles.